The molecule has 1 aromatic heterocycles. The van der Waals surface area contributed by atoms with E-state index in [-0.39, 0.29) is 11.9 Å². The largest absolute Gasteiger partial charge is 0.271 e. The fourth-order valence-electron chi connectivity index (χ4n) is 1.80. The van der Waals surface area contributed by atoms with E-state index in [1.165, 1.54) is 12.1 Å². The van der Waals surface area contributed by atoms with Gasteiger partial charge in [0.15, 0.2) is 0 Å². The van der Waals surface area contributed by atoms with Crippen molar-refractivity contribution in [3.05, 3.63) is 63.2 Å². The third kappa shape index (κ3) is 3.24. The monoisotopic (exact) mass is 357 g/mol. The van der Waals surface area contributed by atoms with Crippen LogP contribution in [0.1, 0.15) is 17.2 Å². The summed E-state index contributed by atoms with van der Waals surface area (Å²) in [7, 11) is 0. The van der Waals surface area contributed by atoms with Crippen molar-refractivity contribution in [1.29, 1.82) is 0 Å². The van der Waals surface area contributed by atoms with E-state index in [9.17, 15) is 4.39 Å². The molecule has 0 saturated heterocycles. The Bertz CT molecular complexity index is 519. The Morgan fingerprint density at radius 2 is 2.00 bits per heavy atom. The molecule has 1 atom stereocenters. The molecule has 5 heteroatoms. The van der Waals surface area contributed by atoms with Gasteiger partial charge in [0.25, 0.3) is 0 Å². The van der Waals surface area contributed by atoms with Crippen LogP contribution in [0.25, 0.3) is 0 Å². The minimum atomic E-state index is -0.233. The zero-order valence-electron chi connectivity index (χ0n) is 9.61. The van der Waals surface area contributed by atoms with Crippen LogP contribution in [0.15, 0.2) is 42.7 Å². The van der Waals surface area contributed by atoms with E-state index in [0.29, 0.717) is 0 Å². The summed E-state index contributed by atoms with van der Waals surface area (Å²) in [5.74, 6) is 5.36. The second-order valence-corrected chi connectivity index (χ2v) is 5.11. The van der Waals surface area contributed by atoms with Gasteiger partial charge in [0, 0.05) is 16.0 Å². The SMILES string of the molecule is NNC(Cc1ccncc1)c1ccc(F)cc1I. The van der Waals surface area contributed by atoms with Crippen LogP contribution in [-0.4, -0.2) is 4.98 Å². The van der Waals surface area contributed by atoms with E-state index in [0.717, 1.165) is 21.1 Å². The van der Waals surface area contributed by atoms with Crippen molar-refractivity contribution in [2.75, 3.05) is 0 Å². The van der Waals surface area contributed by atoms with Crippen LogP contribution in [0.3, 0.4) is 0 Å². The zero-order valence-corrected chi connectivity index (χ0v) is 11.8. The number of nitrogens with zero attached hydrogens (tertiary/aromatic N) is 1. The van der Waals surface area contributed by atoms with E-state index in [1.807, 2.05) is 12.1 Å². The number of nitrogens with two attached hydrogens (primary N) is 1. The maximum Gasteiger partial charge on any atom is 0.124 e. The van der Waals surface area contributed by atoms with Gasteiger partial charge in [0.2, 0.25) is 0 Å². The topological polar surface area (TPSA) is 50.9 Å². The Morgan fingerprint density at radius 3 is 2.61 bits per heavy atom. The molecule has 1 unspecified atom stereocenters. The Hall–Kier alpha value is -1.05. The van der Waals surface area contributed by atoms with Gasteiger partial charge in [-0.1, -0.05) is 6.07 Å². The molecule has 0 amide bonds. The summed E-state index contributed by atoms with van der Waals surface area (Å²) in [6, 6.07) is 8.57. The highest BCUT2D eigenvalue weighted by Crippen LogP contribution is 2.23. The molecule has 0 bridgehead atoms. The second-order valence-electron chi connectivity index (χ2n) is 3.94. The number of aromatic nitrogens is 1. The van der Waals surface area contributed by atoms with Gasteiger partial charge in [-0.05, 0) is 64.4 Å². The van der Waals surface area contributed by atoms with Gasteiger partial charge in [-0.25, -0.2) is 4.39 Å². The Kier molecular flexibility index (Phi) is 4.62. The summed E-state index contributed by atoms with van der Waals surface area (Å²) in [6.07, 6.45) is 4.23. The van der Waals surface area contributed by atoms with E-state index in [1.54, 1.807) is 18.5 Å². The Morgan fingerprint density at radius 1 is 1.28 bits per heavy atom. The molecule has 2 aromatic rings. The molecule has 1 heterocycles. The van der Waals surface area contributed by atoms with E-state index >= 15 is 0 Å². The van der Waals surface area contributed by atoms with Gasteiger partial charge < -0.3 is 0 Å². The van der Waals surface area contributed by atoms with Gasteiger partial charge >= 0.3 is 0 Å². The molecule has 0 saturated carbocycles. The maximum absolute atomic E-state index is 13.1. The number of hydrazine groups is 1. The van der Waals surface area contributed by atoms with E-state index < -0.39 is 0 Å². The summed E-state index contributed by atoms with van der Waals surface area (Å²) >= 11 is 2.12. The van der Waals surface area contributed by atoms with E-state index in [4.69, 9.17) is 5.84 Å². The molecular formula is C13H13FIN3. The minimum Gasteiger partial charge on any atom is -0.271 e. The first kappa shape index (κ1) is 13.4. The zero-order chi connectivity index (χ0) is 13.0. The van der Waals surface area contributed by atoms with Crippen molar-refractivity contribution in [1.82, 2.24) is 10.4 Å². The number of halogens is 2. The summed E-state index contributed by atoms with van der Waals surface area (Å²) < 4.78 is 13.9. The lowest BCUT2D eigenvalue weighted by Crippen LogP contribution is -2.30. The molecule has 18 heavy (non-hydrogen) atoms. The second kappa shape index (κ2) is 6.21. The van der Waals surface area contributed by atoms with Crippen molar-refractivity contribution in [2.24, 2.45) is 5.84 Å². The van der Waals surface area contributed by atoms with Crippen LogP contribution in [-0.2, 0) is 6.42 Å². The number of hydrogen-bond acceptors (Lipinski definition) is 3. The molecule has 3 nitrogen and oxygen atoms in total. The highest BCUT2D eigenvalue weighted by atomic mass is 127. The lowest BCUT2D eigenvalue weighted by molar-refractivity contribution is 0.546. The first-order chi connectivity index (χ1) is 8.70. The predicted molar refractivity (Wildman–Crippen MR) is 77.1 cm³/mol. The van der Waals surface area contributed by atoms with Gasteiger partial charge in [-0.15, -0.1) is 0 Å². The number of benzene rings is 1. The lowest BCUT2D eigenvalue weighted by atomic mass is 10.0. The summed E-state index contributed by atoms with van der Waals surface area (Å²) in [5.41, 5.74) is 4.91. The highest BCUT2D eigenvalue weighted by molar-refractivity contribution is 14.1. The van der Waals surface area contributed by atoms with Crippen molar-refractivity contribution >= 4 is 22.6 Å². The standard InChI is InChI=1S/C13H13FIN3/c14-10-1-2-11(12(15)8-10)13(18-16)7-9-3-5-17-6-4-9/h1-6,8,13,18H,7,16H2. The normalized spacial score (nSPS) is 12.4. The first-order valence-electron chi connectivity index (χ1n) is 5.50. The number of nitrogens with one attached hydrogen (secondary N) is 1. The molecule has 0 fully saturated rings. The van der Waals surface area contributed by atoms with Gasteiger partial charge in [0.1, 0.15) is 5.82 Å². The number of hydrogen-bond donors (Lipinski definition) is 2. The molecule has 0 aliphatic rings. The van der Waals surface area contributed by atoms with Gasteiger partial charge in [-0.2, -0.15) is 0 Å². The summed E-state index contributed by atoms with van der Waals surface area (Å²) in [4.78, 5) is 3.98. The molecule has 0 radical (unpaired) electrons. The van der Waals surface area contributed by atoms with Crippen molar-refractivity contribution in [2.45, 2.75) is 12.5 Å². The van der Waals surface area contributed by atoms with E-state index in [2.05, 4.69) is 33.0 Å². The fraction of sp³-hybridized carbons (Fsp3) is 0.154. The van der Waals surface area contributed by atoms with Crippen LogP contribution < -0.4 is 11.3 Å². The average molecular weight is 357 g/mol. The van der Waals surface area contributed by atoms with Gasteiger partial charge in [0.05, 0.1) is 6.04 Å². The smallest absolute Gasteiger partial charge is 0.124 e. The van der Waals surface area contributed by atoms with Crippen LogP contribution in [0.2, 0.25) is 0 Å². The molecule has 0 aliphatic heterocycles. The Balaban J connectivity index is 2.23. The third-order valence-corrected chi connectivity index (χ3v) is 3.66. The number of pyridine rings is 1. The van der Waals surface area contributed by atoms with Crippen LogP contribution in [0.4, 0.5) is 4.39 Å². The molecule has 2 rings (SSSR count). The molecular weight excluding hydrogens is 344 g/mol. The maximum atomic E-state index is 13.1. The van der Waals surface area contributed by atoms with Crippen LogP contribution in [0.5, 0.6) is 0 Å². The van der Waals surface area contributed by atoms with Crippen molar-refractivity contribution in [3.63, 3.8) is 0 Å². The highest BCUT2D eigenvalue weighted by Gasteiger charge is 2.14. The molecule has 0 spiro atoms. The minimum absolute atomic E-state index is 0.0418. The Labute approximate surface area is 119 Å². The van der Waals surface area contributed by atoms with Crippen LogP contribution >= 0.6 is 22.6 Å². The molecule has 0 aliphatic carbocycles. The quantitative estimate of drug-likeness (QED) is 0.503. The number of rotatable bonds is 4. The third-order valence-electron chi connectivity index (χ3n) is 2.73. The van der Waals surface area contributed by atoms with Crippen molar-refractivity contribution in [3.8, 4) is 0 Å². The molecule has 3 N–H and O–H groups in total. The predicted octanol–water partition coefficient (Wildman–Crippen LogP) is 2.57. The summed E-state index contributed by atoms with van der Waals surface area (Å²) in [5, 5.41) is 0. The lowest BCUT2D eigenvalue weighted by Gasteiger charge is -2.18. The van der Waals surface area contributed by atoms with Crippen LogP contribution in [0, 0.1) is 9.39 Å². The first-order valence-corrected chi connectivity index (χ1v) is 6.58. The molecule has 1 aromatic carbocycles. The van der Waals surface area contributed by atoms with Gasteiger partial charge in [-0.3, -0.25) is 16.3 Å². The van der Waals surface area contributed by atoms with Crippen molar-refractivity contribution < 1.29 is 4.39 Å². The molecule has 94 valence electrons. The average Bonchev–Trinajstić information content (AvgIpc) is 2.38. The fourth-order valence-corrected chi connectivity index (χ4v) is 2.65. The summed E-state index contributed by atoms with van der Waals surface area (Å²) in [6.45, 7) is 0.